The van der Waals surface area contributed by atoms with E-state index in [4.69, 9.17) is 4.74 Å². The highest BCUT2D eigenvalue weighted by atomic mass is 32.1. The van der Waals surface area contributed by atoms with Crippen LogP contribution in [0.1, 0.15) is 16.6 Å². The number of amides is 1. The van der Waals surface area contributed by atoms with Gasteiger partial charge in [0.05, 0.1) is 28.8 Å². The lowest BCUT2D eigenvalue weighted by Crippen LogP contribution is -2.40. The molecule has 0 radical (unpaired) electrons. The molecule has 17 heavy (non-hydrogen) atoms. The Balaban J connectivity index is 1.84. The molecule has 1 fully saturated rings. The summed E-state index contributed by atoms with van der Waals surface area (Å²) in [5.74, 6) is 0.144. The van der Waals surface area contributed by atoms with Crippen molar-refractivity contribution in [3.63, 3.8) is 0 Å². The van der Waals surface area contributed by atoms with Crippen LogP contribution in [-0.4, -0.2) is 48.6 Å². The molecule has 1 amide bonds. The first kappa shape index (κ1) is 11.1. The average Bonchev–Trinajstić information content (AvgIpc) is 3.05. The first-order valence-corrected chi connectivity index (χ1v) is 6.67. The molecule has 0 aromatic carbocycles. The molecule has 2 atom stereocenters. The van der Waals surface area contributed by atoms with Gasteiger partial charge in [0.15, 0.2) is 0 Å². The molecule has 2 aliphatic heterocycles. The lowest BCUT2D eigenvalue weighted by Gasteiger charge is -2.23. The predicted octanol–water partition coefficient (Wildman–Crippen LogP) is 0.187. The maximum absolute atomic E-state index is 12.4. The number of hydrogen-bond donors (Lipinski definition) is 1. The highest BCUT2D eigenvalue weighted by Gasteiger charge is 2.35. The molecule has 2 aliphatic rings. The van der Waals surface area contributed by atoms with Gasteiger partial charge in [0.25, 0.3) is 0 Å². The molecular formula is C11H15N3O2S. The summed E-state index contributed by atoms with van der Waals surface area (Å²) >= 11 is 1.56. The number of rotatable bonds is 3. The zero-order chi connectivity index (χ0) is 11.8. The van der Waals surface area contributed by atoms with Crippen molar-refractivity contribution in [1.82, 2.24) is 15.2 Å². The second kappa shape index (κ2) is 4.36. The van der Waals surface area contributed by atoms with Crippen molar-refractivity contribution in [3.05, 3.63) is 16.1 Å². The van der Waals surface area contributed by atoms with E-state index in [0.717, 1.165) is 30.1 Å². The van der Waals surface area contributed by atoms with E-state index in [0.29, 0.717) is 6.54 Å². The monoisotopic (exact) mass is 253 g/mol. The molecule has 6 heteroatoms. The van der Waals surface area contributed by atoms with Crippen LogP contribution in [0.3, 0.4) is 0 Å². The van der Waals surface area contributed by atoms with E-state index in [1.54, 1.807) is 11.3 Å². The zero-order valence-electron chi connectivity index (χ0n) is 9.68. The summed E-state index contributed by atoms with van der Waals surface area (Å²) in [6, 6.07) is -0.237. The van der Waals surface area contributed by atoms with Gasteiger partial charge in [0.1, 0.15) is 6.04 Å². The van der Waals surface area contributed by atoms with Crippen LogP contribution >= 0.6 is 11.3 Å². The number of carbonyl (C=O) groups excluding carboxylic acids is 1. The van der Waals surface area contributed by atoms with Gasteiger partial charge in [0, 0.05) is 19.5 Å². The molecule has 1 N–H and O–H groups in total. The minimum atomic E-state index is -0.237. The highest BCUT2D eigenvalue weighted by molar-refractivity contribution is 7.10. The topological polar surface area (TPSA) is 57.8 Å². The number of ether oxygens (including phenoxy) is 1. The summed E-state index contributed by atoms with van der Waals surface area (Å²) in [4.78, 5) is 19.7. The Morgan fingerprint density at radius 3 is 3.24 bits per heavy atom. The maximum atomic E-state index is 12.4. The van der Waals surface area contributed by atoms with Crippen LogP contribution in [0.15, 0.2) is 5.51 Å². The number of aromatic nitrogens is 1. The molecule has 3 rings (SSSR count). The summed E-state index contributed by atoms with van der Waals surface area (Å²) < 4.78 is 5.20. The molecule has 0 spiro atoms. The van der Waals surface area contributed by atoms with Crippen LogP contribution in [0.5, 0.6) is 0 Å². The fraction of sp³-hybridized carbons (Fsp3) is 0.636. The third kappa shape index (κ3) is 2.08. The van der Waals surface area contributed by atoms with Gasteiger partial charge in [0.2, 0.25) is 5.91 Å². The SMILES string of the molecule is CNC1C(=O)N(CC2CO2)CCc2ncsc21. The number of carbonyl (C=O) groups is 1. The largest absolute Gasteiger partial charge is 0.371 e. The van der Waals surface area contributed by atoms with Gasteiger partial charge in [-0.15, -0.1) is 11.3 Å². The van der Waals surface area contributed by atoms with Crippen LogP contribution in [0, 0.1) is 0 Å². The Hall–Kier alpha value is -0.980. The van der Waals surface area contributed by atoms with E-state index < -0.39 is 0 Å². The van der Waals surface area contributed by atoms with E-state index in [2.05, 4.69) is 10.3 Å². The quantitative estimate of drug-likeness (QED) is 0.781. The summed E-state index contributed by atoms with van der Waals surface area (Å²) in [6.07, 6.45) is 1.09. The molecule has 92 valence electrons. The summed E-state index contributed by atoms with van der Waals surface area (Å²) in [6.45, 7) is 2.24. The second-order valence-electron chi connectivity index (χ2n) is 4.37. The van der Waals surface area contributed by atoms with E-state index in [1.165, 1.54) is 0 Å². The van der Waals surface area contributed by atoms with Crippen molar-refractivity contribution >= 4 is 17.2 Å². The summed E-state index contributed by atoms with van der Waals surface area (Å²) in [5, 5.41) is 3.10. The minimum absolute atomic E-state index is 0.144. The molecule has 1 saturated heterocycles. The van der Waals surface area contributed by atoms with Gasteiger partial charge >= 0.3 is 0 Å². The van der Waals surface area contributed by atoms with Crippen molar-refractivity contribution in [2.75, 3.05) is 26.7 Å². The number of nitrogens with one attached hydrogen (secondary N) is 1. The van der Waals surface area contributed by atoms with Crippen LogP contribution in [0.2, 0.25) is 0 Å². The Kier molecular flexibility index (Phi) is 2.85. The molecule has 5 nitrogen and oxygen atoms in total. The Morgan fingerprint density at radius 2 is 2.53 bits per heavy atom. The standard InChI is InChI=1S/C11H15N3O2S/c1-12-9-10-8(13-6-17-10)2-3-14(11(9)15)4-7-5-16-7/h6-7,9,12H,2-5H2,1H3. The molecule has 2 unspecified atom stereocenters. The van der Waals surface area contributed by atoms with E-state index in [1.807, 2.05) is 17.5 Å². The van der Waals surface area contributed by atoms with Crippen molar-refractivity contribution in [3.8, 4) is 0 Å². The van der Waals surface area contributed by atoms with Crippen molar-refractivity contribution < 1.29 is 9.53 Å². The lowest BCUT2D eigenvalue weighted by molar-refractivity contribution is -0.133. The molecular weight excluding hydrogens is 238 g/mol. The van der Waals surface area contributed by atoms with Crippen LogP contribution in [-0.2, 0) is 16.0 Å². The molecule has 3 heterocycles. The number of nitrogens with zero attached hydrogens (tertiary/aromatic N) is 2. The fourth-order valence-corrected chi connectivity index (χ4v) is 3.14. The van der Waals surface area contributed by atoms with E-state index in [-0.39, 0.29) is 18.1 Å². The first-order chi connectivity index (χ1) is 8.29. The van der Waals surface area contributed by atoms with Crippen molar-refractivity contribution in [2.24, 2.45) is 0 Å². The van der Waals surface area contributed by atoms with Crippen LogP contribution in [0.4, 0.5) is 0 Å². The normalized spacial score (nSPS) is 27.8. The maximum Gasteiger partial charge on any atom is 0.245 e. The minimum Gasteiger partial charge on any atom is -0.371 e. The molecule has 0 saturated carbocycles. The Bertz CT molecular complexity index is 430. The first-order valence-electron chi connectivity index (χ1n) is 5.79. The highest BCUT2D eigenvalue weighted by Crippen LogP contribution is 2.28. The van der Waals surface area contributed by atoms with Gasteiger partial charge < -0.3 is 15.0 Å². The van der Waals surface area contributed by atoms with Gasteiger partial charge in [-0.2, -0.15) is 0 Å². The summed E-state index contributed by atoms with van der Waals surface area (Å²) in [7, 11) is 1.82. The predicted molar refractivity (Wildman–Crippen MR) is 63.9 cm³/mol. The Morgan fingerprint density at radius 1 is 1.71 bits per heavy atom. The van der Waals surface area contributed by atoms with Gasteiger partial charge in [-0.3, -0.25) is 4.79 Å². The number of hydrogen-bond acceptors (Lipinski definition) is 5. The van der Waals surface area contributed by atoms with Crippen molar-refractivity contribution in [1.29, 1.82) is 0 Å². The molecule has 0 bridgehead atoms. The number of likely N-dealkylation sites (N-methyl/N-ethyl adjacent to an activating group) is 1. The van der Waals surface area contributed by atoms with E-state index >= 15 is 0 Å². The van der Waals surface area contributed by atoms with Crippen molar-refractivity contribution in [2.45, 2.75) is 18.6 Å². The van der Waals surface area contributed by atoms with Crippen LogP contribution < -0.4 is 5.32 Å². The molecule has 1 aromatic rings. The van der Waals surface area contributed by atoms with Gasteiger partial charge in [-0.05, 0) is 7.05 Å². The fourth-order valence-electron chi connectivity index (χ4n) is 2.20. The number of fused-ring (bicyclic) bond motifs is 1. The average molecular weight is 253 g/mol. The van der Waals surface area contributed by atoms with E-state index in [9.17, 15) is 4.79 Å². The zero-order valence-corrected chi connectivity index (χ0v) is 10.5. The lowest BCUT2D eigenvalue weighted by atomic mass is 10.2. The Labute approximate surface area is 104 Å². The van der Waals surface area contributed by atoms with Gasteiger partial charge in [-0.1, -0.05) is 0 Å². The van der Waals surface area contributed by atoms with Gasteiger partial charge in [-0.25, -0.2) is 4.98 Å². The van der Waals surface area contributed by atoms with Crippen LogP contribution in [0.25, 0.3) is 0 Å². The smallest absolute Gasteiger partial charge is 0.245 e. The molecule has 1 aromatic heterocycles. The third-order valence-electron chi connectivity index (χ3n) is 3.23. The summed E-state index contributed by atoms with van der Waals surface area (Å²) in [5.41, 5.74) is 2.88. The number of epoxide rings is 1. The number of thiazole rings is 1. The third-order valence-corrected chi connectivity index (χ3v) is 4.16. The second-order valence-corrected chi connectivity index (χ2v) is 5.26. The molecule has 0 aliphatic carbocycles.